The fourth-order valence-corrected chi connectivity index (χ4v) is 3.69. The quantitative estimate of drug-likeness (QED) is 0.656. The molecule has 0 aromatic heterocycles. The molecule has 0 atom stereocenters. The van der Waals surface area contributed by atoms with Gasteiger partial charge < -0.3 is 19.4 Å². The first-order valence-corrected chi connectivity index (χ1v) is 9.62. The zero-order valence-corrected chi connectivity index (χ0v) is 15.6. The highest BCUT2D eigenvalue weighted by molar-refractivity contribution is 7.92. The van der Waals surface area contributed by atoms with Crippen LogP contribution >= 0.6 is 0 Å². The van der Waals surface area contributed by atoms with E-state index < -0.39 is 16.0 Å². The number of anilines is 1. The number of nitrogens with one attached hydrogen (secondary N) is 1. The molecule has 0 aliphatic rings. The highest BCUT2D eigenvalue weighted by Gasteiger charge is 2.20. The van der Waals surface area contributed by atoms with E-state index in [2.05, 4.69) is 4.72 Å². The van der Waals surface area contributed by atoms with Crippen LogP contribution in [0.1, 0.15) is 10.4 Å². The van der Waals surface area contributed by atoms with Gasteiger partial charge in [0, 0.05) is 5.69 Å². The van der Waals surface area contributed by atoms with Gasteiger partial charge in [-0.1, -0.05) is 18.2 Å². The Balaban J connectivity index is 1.82. The molecule has 0 heterocycles. The highest BCUT2D eigenvalue weighted by Crippen LogP contribution is 2.28. The molecule has 0 amide bonds. The molecule has 0 radical (unpaired) electrons. The second kappa shape index (κ2) is 8.01. The van der Waals surface area contributed by atoms with Crippen LogP contribution < -0.4 is 19.3 Å². The number of methoxy groups -OCH3 is 1. The van der Waals surface area contributed by atoms with Crippen molar-refractivity contribution >= 4 is 21.7 Å². The van der Waals surface area contributed by atoms with Gasteiger partial charge in [0.25, 0.3) is 10.0 Å². The summed E-state index contributed by atoms with van der Waals surface area (Å²) in [5.41, 5.74) is 0.00843. The zero-order valence-electron chi connectivity index (χ0n) is 14.8. The molecule has 0 saturated heterocycles. The molecule has 144 valence electrons. The smallest absolute Gasteiger partial charge is 0.265 e. The van der Waals surface area contributed by atoms with Crippen LogP contribution in [0.25, 0.3) is 0 Å². The van der Waals surface area contributed by atoms with Crippen LogP contribution in [0, 0.1) is 0 Å². The van der Waals surface area contributed by atoms with E-state index >= 15 is 0 Å². The lowest BCUT2D eigenvalue weighted by Crippen LogP contribution is -2.23. The number of benzene rings is 3. The van der Waals surface area contributed by atoms with E-state index in [-0.39, 0.29) is 21.9 Å². The maximum absolute atomic E-state index is 12.7. The van der Waals surface area contributed by atoms with E-state index in [1.54, 1.807) is 24.3 Å². The van der Waals surface area contributed by atoms with Gasteiger partial charge in [-0.3, -0.25) is 4.72 Å². The van der Waals surface area contributed by atoms with Gasteiger partial charge in [0.05, 0.1) is 13.1 Å². The van der Waals surface area contributed by atoms with Gasteiger partial charge in [0.1, 0.15) is 22.1 Å². The van der Waals surface area contributed by atoms with Crippen LogP contribution in [0.5, 0.6) is 17.2 Å². The third-order valence-electron chi connectivity index (χ3n) is 3.77. The number of carboxylic acids is 1. The van der Waals surface area contributed by atoms with Gasteiger partial charge in [-0.25, -0.2) is 8.42 Å². The predicted octanol–water partition coefficient (Wildman–Crippen LogP) is 2.65. The van der Waals surface area contributed by atoms with Crippen molar-refractivity contribution in [2.24, 2.45) is 0 Å². The minimum absolute atomic E-state index is 0.0153. The Hall–Kier alpha value is -3.52. The van der Waals surface area contributed by atoms with E-state index in [1.165, 1.54) is 31.4 Å². The number of aromatic carboxylic acids is 1. The summed E-state index contributed by atoms with van der Waals surface area (Å²) in [6, 6.07) is 18.9. The molecular weight excluding hydrogens is 382 g/mol. The number of para-hydroxylation sites is 1. The molecule has 1 N–H and O–H groups in total. The average molecular weight is 398 g/mol. The molecule has 0 saturated carbocycles. The number of carbonyl (C=O) groups is 1. The molecule has 3 aromatic carbocycles. The van der Waals surface area contributed by atoms with Gasteiger partial charge in [0.15, 0.2) is 0 Å². The summed E-state index contributed by atoms with van der Waals surface area (Å²) in [5, 5.41) is 11.0. The first-order chi connectivity index (χ1) is 13.4. The maximum Gasteiger partial charge on any atom is 0.265 e. The van der Waals surface area contributed by atoms with Crippen molar-refractivity contribution in [1.29, 1.82) is 0 Å². The number of hydrogen-bond donors (Lipinski definition) is 1. The van der Waals surface area contributed by atoms with E-state index in [0.29, 0.717) is 11.5 Å². The number of carboxylic acid groups (broad SMARTS) is 1. The summed E-state index contributed by atoms with van der Waals surface area (Å²) in [6.45, 7) is 0. The molecule has 0 fully saturated rings. The normalized spacial score (nSPS) is 10.9. The second-order valence-corrected chi connectivity index (χ2v) is 7.35. The van der Waals surface area contributed by atoms with Crippen LogP contribution in [0.2, 0.25) is 0 Å². The predicted molar refractivity (Wildman–Crippen MR) is 101 cm³/mol. The van der Waals surface area contributed by atoms with Crippen LogP contribution in [-0.2, 0) is 10.0 Å². The summed E-state index contributed by atoms with van der Waals surface area (Å²) in [5.74, 6) is -0.284. The summed E-state index contributed by atoms with van der Waals surface area (Å²) >= 11 is 0. The van der Waals surface area contributed by atoms with Crippen LogP contribution in [0.15, 0.2) is 77.7 Å². The third-order valence-corrected chi connectivity index (χ3v) is 5.18. The van der Waals surface area contributed by atoms with E-state index in [1.807, 2.05) is 18.2 Å². The molecular formula is C20H16NO6S-. The summed E-state index contributed by atoms with van der Waals surface area (Å²) in [6.07, 6.45) is 0. The van der Waals surface area contributed by atoms with Crippen molar-refractivity contribution in [2.75, 3.05) is 11.8 Å². The molecule has 28 heavy (non-hydrogen) atoms. The first kappa shape index (κ1) is 19.2. The van der Waals surface area contributed by atoms with Crippen molar-refractivity contribution in [2.45, 2.75) is 4.90 Å². The van der Waals surface area contributed by atoms with Crippen molar-refractivity contribution in [3.63, 3.8) is 0 Å². The minimum atomic E-state index is -4.09. The Kier molecular flexibility index (Phi) is 5.51. The summed E-state index contributed by atoms with van der Waals surface area (Å²) in [7, 11) is -2.80. The van der Waals surface area contributed by atoms with E-state index in [0.717, 1.165) is 6.07 Å². The lowest BCUT2D eigenvalue weighted by molar-refractivity contribution is -0.255. The molecule has 7 nitrogen and oxygen atoms in total. The molecule has 0 bridgehead atoms. The zero-order chi connectivity index (χ0) is 20.1. The largest absolute Gasteiger partial charge is 0.545 e. The fraction of sp³-hybridized carbons (Fsp3) is 0.0500. The van der Waals surface area contributed by atoms with Crippen molar-refractivity contribution in [3.05, 3.63) is 78.4 Å². The van der Waals surface area contributed by atoms with Gasteiger partial charge in [-0.15, -0.1) is 0 Å². The molecule has 0 aliphatic heterocycles. The Morgan fingerprint density at radius 1 is 0.929 bits per heavy atom. The summed E-state index contributed by atoms with van der Waals surface area (Å²) < 4.78 is 38.5. The topological polar surface area (TPSA) is 105 Å². The fourth-order valence-electron chi connectivity index (χ4n) is 2.44. The van der Waals surface area contributed by atoms with Gasteiger partial charge in [0.2, 0.25) is 0 Å². The Morgan fingerprint density at radius 2 is 1.57 bits per heavy atom. The molecule has 3 aromatic rings. The summed E-state index contributed by atoms with van der Waals surface area (Å²) in [4.78, 5) is 10.7. The van der Waals surface area contributed by atoms with E-state index in [4.69, 9.17) is 9.47 Å². The number of ether oxygens (including phenoxy) is 2. The number of sulfonamides is 1. The molecule has 8 heteroatoms. The van der Waals surface area contributed by atoms with Gasteiger partial charge >= 0.3 is 0 Å². The van der Waals surface area contributed by atoms with Gasteiger partial charge in [-0.05, 0) is 60.2 Å². The number of rotatable bonds is 7. The van der Waals surface area contributed by atoms with E-state index in [9.17, 15) is 18.3 Å². The Labute approximate surface area is 162 Å². The number of hydrogen-bond acceptors (Lipinski definition) is 6. The van der Waals surface area contributed by atoms with Gasteiger partial charge in [-0.2, -0.15) is 0 Å². The maximum atomic E-state index is 12.7. The Morgan fingerprint density at radius 3 is 2.18 bits per heavy atom. The Bertz CT molecular complexity index is 1080. The second-order valence-electron chi connectivity index (χ2n) is 5.70. The number of carbonyl (C=O) groups excluding carboxylic acids is 1. The highest BCUT2D eigenvalue weighted by atomic mass is 32.2. The molecule has 0 spiro atoms. The van der Waals surface area contributed by atoms with Crippen molar-refractivity contribution < 1.29 is 27.8 Å². The first-order valence-electron chi connectivity index (χ1n) is 8.14. The van der Waals surface area contributed by atoms with Crippen molar-refractivity contribution in [1.82, 2.24) is 0 Å². The minimum Gasteiger partial charge on any atom is -0.545 e. The van der Waals surface area contributed by atoms with Crippen LogP contribution in [0.3, 0.4) is 0 Å². The average Bonchev–Trinajstić information content (AvgIpc) is 2.69. The van der Waals surface area contributed by atoms with Crippen molar-refractivity contribution in [3.8, 4) is 17.2 Å². The lowest BCUT2D eigenvalue weighted by atomic mass is 10.2. The molecule has 0 aliphatic carbocycles. The molecule has 0 unspecified atom stereocenters. The molecule has 3 rings (SSSR count). The van der Waals surface area contributed by atoms with Crippen LogP contribution in [-0.4, -0.2) is 21.5 Å². The standard InChI is InChI=1S/C20H17NO6S/c1-26-18-12-7-14(20(22)23)13-19(18)28(24,25)21-15-8-10-17(11-9-15)27-16-5-3-2-4-6-16/h2-13,21H,1H3,(H,22,23)/p-1. The lowest BCUT2D eigenvalue weighted by Gasteiger charge is -2.14. The monoisotopic (exact) mass is 398 g/mol. The SMILES string of the molecule is COc1ccc(C(=O)[O-])cc1S(=O)(=O)Nc1ccc(Oc2ccccc2)cc1. The third kappa shape index (κ3) is 4.41. The van der Waals surface area contributed by atoms with Crippen LogP contribution in [0.4, 0.5) is 5.69 Å².